The van der Waals surface area contributed by atoms with Crippen LogP contribution >= 0.6 is 0 Å². The Labute approximate surface area is 175 Å². The summed E-state index contributed by atoms with van der Waals surface area (Å²) in [7, 11) is 5.63. The van der Waals surface area contributed by atoms with Crippen molar-refractivity contribution in [3.05, 3.63) is 59.4 Å². The molecular formula is C22H25FN4O3. The van der Waals surface area contributed by atoms with E-state index in [1.165, 1.54) is 17.1 Å². The van der Waals surface area contributed by atoms with E-state index in [4.69, 9.17) is 4.74 Å². The SMILES string of the molecule is CN(C)CCN(C)C(=O)N1N=C2c3cc(F)ccc3OC[C@H]2[C@H]1c1cccc(O)c1. The molecule has 2 atom stereocenters. The van der Waals surface area contributed by atoms with Crippen molar-refractivity contribution in [3.8, 4) is 11.5 Å². The van der Waals surface area contributed by atoms with Gasteiger partial charge in [-0.15, -0.1) is 0 Å². The number of carbonyl (C=O) groups excluding carboxylic acids is 1. The molecule has 0 bridgehead atoms. The molecule has 0 saturated carbocycles. The van der Waals surface area contributed by atoms with Gasteiger partial charge in [0.1, 0.15) is 17.3 Å². The maximum atomic E-state index is 13.9. The molecule has 2 aliphatic heterocycles. The standard InChI is InChI=1S/C22H25FN4O3/c1-25(2)9-10-26(3)22(29)27-21(14-5-4-6-16(28)11-14)18-13-30-19-8-7-15(23)12-17(19)20(18)24-27/h4-8,11-12,18,21,28H,9-10,13H2,1-3H3/t18-,21-/m1/s1. The quantitative estimate of drug-likeness (QED) is 0.839. The van der Waals surface area contributed by atoms with Gasteiger partial charge in [-0.1, -0.05) is 12.1 Å². The summed E-state index contributed by atoms with van der Waals surface area (Å²) in [5, 5.41) is 16.1. The topological polar surface area (TPSA) is 68.6 Å². The minimum atomic E-state index is -0.460. The average Bonchev–Trinajstić information content (AvgIpc) is 3.11. The highest BCUT2D eigenvalue weighted by molar-refractivity contribution is 6.07. The number of likely N-dealkylation sites (N-methyl/N-ethyl adjacent to an activating group) is 2. The van der Waals surface area contributed by atoms with E-state index in [-0.39, 0.29) is 23.5 Å². The molecule has 2 heterocycles. The van der Waals surface area contributed by atoms with Gasteiger partial charge >= 0.3 is 6.03 Å². The molecule has 2 aromatic carbocycles. The molecule has 2 aliphatic rings. The zero-order valence-corrected chi connectivity index (χ0v) is 17.2. The molecule has 1 N–H and O–H groups in total. The minimum absolute atomic E-state index is 0.109. The summed E-state index contributed by atoms with van der Waals surface area (Å²) in [5.74, 6) is 0.00332. The van der Waals surface area contributed by atoms with E-state index in [1.807, 2.05) is 25.1 Å². The Balaban J connectivity index is 1.74. The van der Waals surface area contributed by atoms with Crippen LogP contribution in [0.4, 0.5) is 9.18 Å². The zero-order valence-electron chi connectivity index (χ0n) is 17.2. The number of hydrogen-bond donors (Lipinski definition) is 1. The zero-order chi connectivity index (χ0) is 21.4. The third kappa shape index (κ3) is 3.70. The summed E-state index contributed by atoms with van der Waals surface area (Å²) in [6, 6.07) is 10.4. The lowest BCUT2D eigenvalue weighted by atomic mass is 9.86. The molecule has 0 aliphatic carbocycles. The molecular weight excluding hydrogens is 387 g/mol. The van der Waals surface area contributed by atoms with Crippen LogP contribution in [0, 0.1) is 11.7 Å². The molecule has 0 aromatic heterocycles. The van der Waals surface area contributed by atoms with Gasteiger partial charge in [0.2, 0.25) is 0 Å². The third-order valence-corrected chi connectivity index (χ3v) is 5.46. The van der Waals surface area contributed by atoms with Crippen molar-refractivity contribution in [2.45, 2.75) is 6.04 Å². The Bertz CT molecular complexity index is 994. The molecule has 0 radical (unpaired) electrons. The molecule has 4 rings (SSSR count). The number of urea groups is 1. The van der Waals surface area contributed by atoms with Gasteiger partial charge in [-0.05, 0) is 50.0 Å². The lowest BCUT2D eigenvalue weighted by Gasteiger charge is -2.31. The van der Waals surface area contributed by atoms with Crippen LogP contribution < -0.4 is 4.74 Å². The van der Waals surface area contributed by atoms with Gasteiger partial charge in [0.15, 0.2) is 0 Å². The highest BCUT2D eigenvalue weighted by Gasteiger charge is 2.46. The Hall–Kier alpha value is -3.13. The van der Waals surface area contributed by atoms with Crippen LogP contribution in [0.2, 0.25) is 0 Å². The summed E-state index contributed by atoms with van der Waals surface area (Å²) >= 11 is 0. The van der Waals surface area contributed by atoms with Gasteiger partial charge < -0.3 is 19.6 Å². The first-order chi connectivity index (χ1) is 14.3. The fourth-order valence-corrected chi connectivity index (χ4v) is 3.87. The number of fused-ring (bicyclic) bond motifs is 3. The maximum absolute atomic E-state index is 13.9. The van der Waals surface area contributed by atoms with Crippen LogP contribution in [0.3, 0.4) is 0 Å². The Morgan fingerprint density at radius 2 is 2.03 bits per heavy atom. The number of phenolic OH excluding ortho intramolecular Hbond substituents is 1. The average molecular weight is 412 g/mol. The molecule has 2 amide bonds. The van der Waals surface area contributed by atoms with E-state index in [9.17, 15) is 14.3 Å². The second kappa shape index (κ2) is 7.95. The molecule has 158 valence electrons. The fraction of sp³-hybridized carbons (Fsp3) is 0.364. The first kappa shape index (κ1) is 20.2. The molecule has 0 spiro atoms. The number of aromatic hydroxyl groups is 1. The van der Waals surface area contributed by atoms with Crippen molar-refractivity contribution in [1.82, 2.24) is 14.8 Å². The van der Waals surface area contributed by atoms with E-state index in [2.05, 4.69) is 5.10 Å². The first-order valence-electron chi connectivity index (χ1n) is 9.84. The third-order valence-electron chi connectivity index (χ3n) is 5.46. The summed E-state index contributed by atoms with van der Waals surface area (Å²) in [6.45, 7) is 1.55. The largest absolute Gasteiger partial charge is 0.508 e. The second-order valence-corrected chi connectivity index (χ2v) is 7.94. The van der Waals surface area contributed by atoms with Gasteiger partial charge in [0, 0.05) is 25.7 Å². The number of halogens is 1. The minimum Gasteiger partial charge on any atom is -0.508 e. The number of ether oxygens (including phenoxy) is 1. The Morgan fingerprint density at radius 1 is 1.23 bits per heavy atom. The van der Waals surface area contributed by atoms with E-state index in [0.717, 1.165) is 5.56 Å². The van der Waals surface area contributed by atoms with Gasteiger partial charge in [0.05, 0.1) is 24.3 Å². The summed E-state index contributed by atoms with van der Waals surface area (Å²) in [4.78, 5) is 16.9. The Kier molecular flexibility index (Phi) is 5.34. The normalized spacial score (nSPS) is 19.8. The van der Waals surface area contributed by atoms with Crippen LogP contribution in [0.15, 0.2) is 47.6 Å². The molecule has 30 heavy (non-hydrogen) atoms. The number of rotatable bonds is 4. The summed E-state index contributed by atoms with van der Waals surface area (Å²) in [6.07, 6.45) is 0. The molecule has 0 fully saturated rings. The Morgan fingerprint density at radius 3 is 2.77 bits per heavy atom. The number of hydrogen-bond acceptors (Lipinski definition) is 5. The number of benzene rings is 2. The molecule has 0 saturated heterocycles. The van der Waals surface area contributed by atoms with Gasteiger partial charge in [-0.2, -0.15) is 5.10 Å². The number of carbonyl (C=O) groups is 1. The van der Waals surface area contributed by atoms with E-state index < -0.39 is 6.04 Å². The monoisotopic (exact) mass is 412 g/mol. The molecule has 2 aromatic rings. The van der Waals surface area contributed by atoms with Crippen molar-refractivity contribution >= 4 is 11.7 Å². The lowest BCUT2D eigenvalue weighted by Crippen LogP contribution is -2.43. The number of phenols is 1. The van der Waals surface area contributed by atoms with Crippen LogP contribution in [0.25, 0.3) is 0 Å². The predicted octanol–water partition coefficient (Wildman–Crippen LogP) is 2.91. The van der Waals surface area contributed by atoms with Gasteiger partial charge in [-0.3, -0.25) is 0 Å². The molecule has 0 unspecified atom stereocenters. The number of amides is 2. The lowest BCUT2D eigenvalue weighted by molar-refractivity contribution is 0.131. The second-order valence-electron chi connectivity index (χ2n) is 7.94. The van der Waals surface area contributed by atoms with Crippen molar-refractivity contribution < 1.29 is 19.0 Å². The predicted molar refractivity (Wildman–Crippen MR) is 111 cm³/mol. The van der Waals surface area contributed by atoms with Crippen molar-refractivity contribution in [2.75, 3.05) is 40.8 Å². The summed E-state index contributed by atoms with van der Waals surface area (Å²) in [5.41, 5.74) is 1.93. The number of nitrogens with zero attached hydrogens (tertiary/aromatic N) is 4. The smallest absolute Gasteiger partial charge is 0.340 e. The highest BCUT2D eigenvalue weighted by Crippen LogP contribution is 2.43. The fourth-order valence-electron chi connectivity index (χ4n) is 3.87. The van der Waals surface area contributed by atoms with Crippen LogP contribution in [0.5, 0.6) is 11.5 Å². The van der Waals surface area contributed by atoms with Crippen molar-refractivity contribution in [3.63, 3.8) is 0 Å². The van der Waals surface area contributed by atoms with E-state index in [0.29, 0.717) is 36.7 Å². The van der Waals surface area contributed by atoms with Crippen molar-refractivity contribution in [1.29, 1.82) is 0 Å². The summed E-state index contributed by atoms with van der Waals surface area (Å²) < 4.78 is 19.8. The van der Waals surface area contributed by atoms with E-state index in [1.54, 1.807) is 36.2 Å². The molecule has 7 nitrogen and oxygen atoms in total. The highest BCUT2D eigenvalue weighted by atomic mass is 19.1. The van der Waals surface area contributed by atoms with Crippen LogP contribution in [0.1, 0.15) is 17.2 Å². The first-order valence-corrected chi connectivity index (χ1v) is 9.84. The van der Waals surface area contributed by atoms with Gasteiger partial charge in [0.25, 0.3) is 0 Å². The number of hydrazone groups is 1. The van der Waals surface area contributed by atoms with E-state index >= 15 is 0 Å². The van der Waals surface area contributed by atoms with Crippen LogP contribution in [-0.4, -0.2) is 72.5 Å². The van der Waals surface area contributed by atoms with Gasteiger partial charge in [-0.25, -0.2) is 14.2 Å². The van der Waals surface area contributed by atoms with Crippen molar-refractivity contribution in [2.24, 2.45) is 11.0 Å². The molecule has 8 heteroatoms. The van der Waals surface area contributed by atoms with Crippen LogP contribution in [-0.2, 0) is 0 Å². The maximum Gasteiger partial charge on any atom is 0.340 e.